The Labute approximate surface area is 155 Å². The summed E-state index contributed by atoms with van der Waals surface area (Å²) in [5, 5.41) is 0. The van der Waals surface area contributed by atoms with E-state index < -0.39 is 0 Å². The third-order valence-electron chi connectivity index (χ3n) is 3.39. The molecule has 0 aromatic heterocycles. The molecule has 0 fully saturated rings. The van der Waals surface area contributed by atoms with Crippen molar-refractivity contribution < 1.29 is 9.47 Å². The number of benzene rings is 3. The number of hydrogen-bond acceptors (Lipinski definition) is 2. The predicted octanol–water partition coefficient (Wildman–Crippen LogP) is 1.01. The molecule has 0 bridgehead atoms. The van der Waals surface area contributed by atoms with Crippen molar-refractivity contribution in [3.63, 3.8) is 0 Å². The molecule has 122 valence electrons. The Morgan fingerprint density at radius 2 is 0.958 bits per heavy atom. The molecule has 0 saturated carbocycles. The molecule has 24 heavy (non-hydrogen) atoms. The van der Waals surface area contributed by atoms with Crippen LogP contribution >= 0.6 is 0 Å². The van der Waals surface area contributed by atoms with Gasteiger partial charge in [0.1, 0.15) is 0 Å². The zero-order valence-corrected chi connectivity index (χ0v) is 17.0. The third kappa shape index (κ3) is 4.23. The normalized spacial score (nSPS) is 10.4. The van der Waals surface area contributed by atoms with Crippen molar-refractivity contribution >= 4 is 47.8 Å². The Morgan fingerprint density at radius 1 is 0.583 bits per heavy atom. The Hall–Kier alpha value is -1.70. The van der Waals surface area contributed by atoms with Crippen molar-refractivity contribution in [1.29, 1.82) is 0 Å². The van der Waals surface area contributed by atoms with E-state index in [0.717, 1.165) is 11.5 Å². The van der Waals surface area contributed by atoms with Crippen LogP contribution in [0.3, 0.4) is 0 Å². The average molecular weight is 448 g/mol. The second-order valence-corrected chi connectivity index (χ2v) is 9.66. The molecular formula is C20H18O2Se2. The van der Waals surface area contributed by atoms with Crippen LogP contribution < -0.4 is 27.3 Å². The van der Waals surface area contributed by atoms with Crippen LogP contribution in [0.4, 0.5) is 0 Å². The molecule has 0 unspecified atom stereocenters. The van der Waals surface area contributed by atoms with Gasteiger partial charge in [-0.3, -0.25) is 0 Å². The van der Waals surface area contributed by atoms with Crippen LogP contribution in [0.1, 0.15) is 0 Å². The van der Waals surface area contributed by atoms with E-state index in [4.69, 9.17) is 9.47 Å². The Kier molecular flexibility index (Phi) is 6.01. The molecule has 3 aromatic carbocycles. The van der Waals surface area contributed by atoms with E-state index in [-0.39, 0.29) is 29.9 Å². The fourth-order valence-electron chi connectivity index (χ4n) is 2.23. The Balaban J connectivity index is 2.00. The van der Waals surface area contributed by atoms with E-state index in [1.54, 1.807) is 14.2 Å². The van der Waals surface area contributed by atoms with Gasteiger partial charge in [0.15, 0.2) is 0 Å². The first-order chi connectivity index (χ1) is 11.8. The van der Waals surface area contributed by atoms with Crippen LogP contribution in [0.25, 0.3) is 0 Å². The van der Waals surface area contributed by atoms with Gasteiger partial charge >= 0.3 is 156 Å². The summed E-state index contributed by atoms with van der Waals surface area (Å²) in [6.45, 7) is 0. The quantitative estimate of drug-likeness (QED) is 0.525. The van der Waals surface area contributed by atoms with Crippen molar-refractivity contribution in [2.24, 2.45) is 0 Å². The van der Waals surface area contributed by atoms with Crippen molar-refractivity contribution in [2.75, 3.05) is 14.2 Å². The molecule has 3 rings (SSSR count). The third-order valence-corrected chi connectivity index (χ3v) is 8.52. The molecule has 2 nitrogen and oxygen atoms in total. The predicted molar refractivity (Wildman–Crippen MR) is 102 cm³/mol. The summed E-state index contributed by atoms with van der Waals surface area (Å²) in [6, 6.07) is 25.6. The summed E-state index contributed by atoms with van der Waals surface area (Å²) >= 11 is 0.485. The molecule has 0 aliphatic heterocycles. The van der Waals surface area contributed by atoms with Crippen LogP contribution in [0.2, 0.25) is 0 Å². The summed E-state index contributed by atoms with van der Waals surface area (Å²) < 4.78 is 16.5. The van der Waals surface area contributed by atoms with Crippen molar-refractivity contribution in [3.8, 4) is 11.5 Å². The molecule has 0 amide bonds. The van der Waals surface area contributed by atoms with E-state index >= 15 is 0 Å². The zero-order valence-electron chi connectivity index (χ0n) is 13.6. The summed E-state index contributed by atoms with van der Waals surface area (Å²) in [6.07, 6.45) is 0. The molecule has 0 spiro atoms. The van der Waals surface area contributed by atoms with E-state index in [1.807, 2.05) is 0 Å². The standard InChI is InChI=1S/C20H18O2Se2/c1-21-17-13-19(23-15-9-5-3-6-10-15)20(14-18(17)22-2)24-16-11-7-4-8-12-16/h3-14H,1-2H3. The van der Waals surface area contributed by atoms with Crippen LogP contribution in [-0.4, -0.2) is 44.1 Å². The fraction of sp³-hybridized carbons (Fsp3) is 0.100. The number of ether oxygens (including phenoxy) is 2. The molecule has 0 aliphatic rings. The van der Waals surface area contributed by atoms with Gasteiger partial charge in [0.05, 0.1) is 0 Å². The van der Waals surface area contributed by atoms with Crippen LogP contribution in [0.15, 0.2) is 72.8 Å². The van der Waals surface area contributed by atoms with Gasteiger partial charge in [-0.1, -0.05) is 0 Å². The van der Waals surface area contributed by atoms with Gasteiger partial charge in [0.25, 0.3) is 0 Å². The molecule has 0 atom stereocenters. The number of rotatable bonds is 6. The Morgan fingerprint density at radius 3 is 1.29 bits per heavy atom. The average Bonchev–Trinajstić information content (AvgIpc) is 2.64. The molecule has 0 N–H and O–H groups in total. The first kappa shape index (κ1) is 17.1. The first-order valence-electron chi connectivity index (χ1n) is 7.52. The fourth-order valence-corrected chi connectivity index (χ4v) is 6.80. The summed E-state index contributed by atoms with van der Waals surface area (Å²) in [7, 11) is 3.39. The summed E-state index contributed by atoms with van der Waals surface area (Å²) in [4.78, 5) is 0. The van der Waals surface area contributed by atoms with Gasteiger partial charge < -0.3 is 0 Å². The van der Waals surface area contributed by atoms with Gasteiger partial charge in [0.2, 0.25) is 0 Å². The van der Waals surface area contributed by atoms with Gasteiger partial charge in [-0.05, 0) is 0 Å². The molecule has 4 heteroatoms. The summed E-state index contributed by atoms with van der Waals surface area (Å²) in [5.41, 5.74) is 0. The van der Waals surface area contributed by atoms with Gasteiger partial charge in [0, 0.05) is 0 Å². The van der Waals surface area contributed by atoms with E-state index in [2.05, 4.69) is 72.8 Å². The minimum atomic E-state index is 0.243. The van der Waals surface area contributed by atoms with Crippen LogP contribution in [0, 0.1) is 0 Å². The maximum absolute atomic E-state index is 5.51. The molecule has 0 heterocycles. The van der Waals surface area contributed by atoms with Gasteiger partial charge in [-0.25, -0.2) is 0 Å². The molecule has 3 aromatic rings. The number of methoxy groups -OCH3 is 2. The van der Waals surface area contributed by atoms with E-state index in [1.165, 1.54) is 17.8 Å². The second kappa shape index (κ2) is 8.41. The van der Waals surface area contributed by atoms with E-state index in [9.17, 15) is 0 Å². The van der Waals surface area contributed by atoms with E-state index in [0.29, 0.717) is 0 Å². The van der Waals surface area contributed by atoms with Crippen molar-refractivity contribution in [2.45, 2.75) is 0 Å². The monoisotopic (exact) mass is 450 g/mol. The van der Waals surface area contributed by atoms with Crippen molar-refractivity contribution in [1.82, 2.24) is 0 Å². The first-order valence-corrected chi connectivity index (χ1v) is 10.9. The second-order valence-electron chi connectivity index (χ2n) is 4.98. The zero-order chi connectivity index (χ0) is 16.8. The molecule has 0 saturated heterocycles. The van der Waals surface area contributed by atoms with Gasteiger partial charge in [-0.15, -0.1) is 0 Å². The maximum atomic E-state index is 5.51. The molecule has 0 radical (unpaired) electrons. The topological polar surface area (TPSA) is 18.5 Å². The van der Waals surface area contributed by atoms with Crippen LogP contribution in [-0.2, 0) is 0 Å². The summed E-state index contributed by atoms with van der Waals surface area (Å²) in [5.74, 6) is 1.61. The van der Waals surface area contributed by atoms with Crippen LogP contribution in [0.5, 0.6) is 11.5 Å². The van der Waals surface area contributed by atoms with Gasteiger partial charge in [-0.2, -0.15) is 0 Å². The minimum absolute atomic E-state index is 0.243. The molecule has 0 aliphatic carbocycles. The Bertz CT molecular complexity index is 721. The van der Waals surface area contributed by atoms with Crippen molar-refractivity contribution in [3.05, 3.63) is 72.8 Å². The number of hydrogen-bond donors (Lipinski definition) is 0. The SMILES string of the molecule is COc1cc([Se]c2ccccc2)c([Se]c2ccccc2)cc1OC. The molecular weight excluding hydrogens is 430 g/mol.